The normalized spacial score (nSPS) is 11.9. The molecule has 0 aliphatic rings. The van der Waals surface area contributed by atoms with E-state index in [0.717, 1.165) is 18.1 Å². The maximum atomic E-state index is 13.5. The highest BCUT2D eigenvalue weighted by atomic mass is 32.1. The van der Waals surface area contributed by atoms with Crippen LogP contribution in [-0.4, -0.2) is 32.2 Å². The van der Waals surface area contributed by atoms with E-state index in [1.807, 2.05) is 6.92 Å². The number of furan rings is 1. The summed E-state index contributed by atoms with van der Waals surface area (Å²) < 4.78 is 19.3. The molecule has 0 atom stereocenters. The average molecular weight is 449 g/mol. The molecule has 0 aliphatic carbocycles. The van der Waals surface area contributed by atoms with Crippen molar-refractivity contribution in [2.45, 2.75) is 19.8 Å². The summed E-state index contributed by atoms with van der Waals surface area (Å²) in [6.07, 6.45) is 2.40. The maximum absolute atomic E-state index is 13.5. The first kappa shape index (κ1) is 21.5. The van der Waals surface area contributed by atoms with Crippen LogP contribution in [0.3, 0.4) is 0 Å². The first-order valence-corrected chi connectivity index (χ1v) is 10.8. The van der Waals surface area contributed by atoms with Crippen LogP contribution in [0.1, 0.15) is 35.0 Å². The van der Waals surface area contributed by atoms with Crippen LogP contribution >= 0.6 is 11.7 Å². The number of nitrogens with zero attached hydrogens (tertiary/aromatic N) is 2. The summed E-state index contributed by atoms with van der Waals surface area (Å²) in [6, 6.07) is 15.1. The van der Waals surface area contributed by atoms with E-state index in [2.05, 4.69) is 8.75 Å². The molecule has 162 valence electrons. The number of carboxylic acid groups (broad SMARTS) is 1. The lowest BCUT2D eigenvalue weighted by Gasteiger charge is -2.12. The van der Waals surface area contributed by atoms with E-state index in [1.165, 1.54) is 6.26 Å². The van der Waals surface area contributed by atoms with Gasteiger partial charge in [-0.2, -0.15) is 8.75 Å². The van der Waals surface area contributed by atoms with Gasteiger partial charge in [-0.25, -0.2) is 4.79 Å². The van der Waals surface area contributed by atoms with Crippen molar-refractivity contribution in [2.75, 3.05) is 6.61 Å². The lowest BCUT2D eigenvalue weighted by molar-refractivity contribution is -0.130. The molecule has 0 bridgehead atoms. The quantitative estimate of drug-likeness (QED) is 0.283. The fourth-order valence-electron chi connectivity index (χ4n) is 3.33. The number of aromatic nitrogens is 2. The molecular weight excluding hydrogens is 428 g/mol. The van der Waals surface area contributed by atoms with Gasteiger partial charge < -0.3 is 14.3 Å². The van der Waals surface area contributed by atoms with Crippen LogP contribution in [0.15, 0.2) is 70.9 Å². The number of carbonyl (C=O) groups is 2. The fraction of sp³-hybridized carbons (Fsp3) is 0.167. The number of ether oxygens (including phenoxy) is 1. The van der Waals surface area contributed by atoms with Crippen LogP contribution in [0, 0.1) is 0 Å². The van der Waals surface area contributed by atoms with Crippen molar-refractivity contribution >= 4 is 40.1 Å². The van der Waals surface area contributed by atoms with E-state index in [9.17, 15) is 14.7 Å². The molecule has 0 unspecified atom stereocenters. The number of hydrogen-bond donors (Lipinski definition) is 1. The van der Waals surface area contributed by atoms with Crippen molar-refractivity contribution in [1.82, 2.24) is 8.75 Å². The Kier molecular flexibility index (Phi) is 6.42. The Balaban J connectivity index is 1.80. The van der Waals surface area contributed by atoms with Gasteiger partial charge in [0.2, 0.25) is 0 Å². The van der Waals surface area contributed by atoms with Crippen LogP contribution in [0.5, 0.6) is 5.75 Å². The van der Waals surface area contributed by atoms with E-state index < -0.39 is 11.8 Å². The summed E-state index contributed by atoms with van der Waals surface area (Å²) >= 11 is 1.05. The van der Waals surface area contributed by atoms with Gasteiger partial charge in [0, 0.05) is 17.6 Å². The van der Waals surface area contributed by atoms with E-state index in [4.69, 9.17) is 9.15 Å². The molecule has 4 aromatic rings. The summed E-state index contributed by atoms with van der Waals surface area (Å²) in [7, 11) is 0. The molecule has 1 N–H and O–H groups in total. The van der Waals surface area contributed by atoms with Crippen molar-refractivity contribution < 1.29 is 23.8 Å². The van der Waals surface area contributed by atoms with Crippen LogP contribution in [0.2, 0.25) is 0 Å². The van der Waals surface area contributed by atoms with Gasteiger partial charge in [0.25, 0.3) is 0 Å². The summed E-state index contributed by atoms with van der Waals surface area (Å²) in [4.78, 5) is 25.9. The molecule has 0 fully saturated rings. The van der Waals surface area contributed by atoms with Crippen LogP contribution in [0.4, 0.5) is 0 Å². The number of rotatable bonds is 9. The monoisotopic (exact) mass is 448 g/mol. The lowest BCUT2D eigenvalue weighted by atomic mass is 9.91. The summed E-state index contributed by atoms with van der Waals surface area (Å²) in [5, 5.41) is 10.1. The second-order valence-electron chi connectivity index (χ2n) is 7.08. The SMILES string of the molecule is CCCOc1ccc(C(=O)C(Cc2ccco2)=C(C(=O)O)c2ccc3nsnc3c2)cc1. The molecule has 0 saturated carbocycles. The molecule has 2 aromatic carbocycles. The summed E-state index contributed by atoms with van der Waals surface area (Å²) in [6.45, 7) is 2.59. The highest BCUT2D eigenvalue weighted by Gasteiger charge is 2.25. The number of carbonyl (C=O) groups excluding carboxylic acids is 1. The predicted octanol–water partition coefficient (Wildman–Crippen LogP) is 5.04. The molecule has 0 spiro atoms. The zero-order valence-corrected chi connectivity index (χ0v) is 18.1. The largest absolute Gasteiger partial charge is 0.494 e. The smallest absolute Gasteiger partial charge is 0.336 e. The number of hydrogen-bond acceptors (Lipinski definition) is 7. The van der Waals surface area contributed by atoms with Crippen LogP contribution < -0.4 is 4.74 Å². The highest BCUT2D eigenvalue weighted by Crippen LogP contribution is 2.28. The van der Waals surface area contributed by atoms with Crippen molar-refractivity contribution in [3.8, 4) is 5.75 Å². The van der Waals surface area contributed by atoms with E-state index in [0.29, 0.717) is 40.3 Å². The Morgan fingerprint density at radius 3 is 2.47 bits per heavy atom. The Morgan fingerprint density at radius 1 is 1.03 bits per heavy atom. The van der Waals surface area contributed by atoms with Gasteiger partial charge >= 0.3 is 5.97 Å². The third-order valence-corrected chi connectivity index (χ3v) is 5.41. The van der Waals surface area contributed by atoms with Crippen LogP contribution in [-0.2, 0) is 11.2 Å². The number of ketones is 1. The van der Waals surface area contributed by atoms with E-state index in [1.54, 1.807) is 54.6 Å². The van der Waals surface area contributed by atoms with Crippen molar-refractivity contribution in [3.63, 3.8) is 0 Å². The minimum absolute atomic E-state index is 0.0366. The van der Waals surface area contributed by atoms with Crippen molar-refractivity contribution in [2.24, 2.45) is 0 Å². The first-order chi connectivity index (χ1) is 15.6. The van der Waals surface area contributed by atoms with E-state index in [-0.39, 0.29) is 17.6 Å². The second-order valence-corrected chi connectivity index (χ2v) is 7.61. The average Bonchev–Trinajstić information content (AvgIpc) is 3.48. The Bertz CT molecular complexity index is 1270. The molecule has 2 heterocycles. The van der Waals surface area contributed by atoms with Crippen LogP contribution in [0.25, 0.3) is 16.6 Å². The molecule has 0 aliphatic heterocycles. The number of Topliss-reactive ketones (excluding diaryl/α,β-unsaturated/α-hetero) is 1. The van der Waals surface area contributed by atoms with Gasteiger partial charge in [-0.1, -0.05) is 13.0 Å². The number of allylic oxidation sites excluding steroid dienone is 1. The third-order valence-electron chi connectivity index (χ3n) is 4.85. The number of aliphatic carboxylic acids is 1. The van der Waals surface area contributed by atoms with Gasteiger partial charge in [0.1, 0.15) is 22.5 Å². The lowest BCUT2D eigenvalue weighted by Crippen LogP contribution is -2.14. The Morgan fingerprint density at radius 2 is 1.78 bits per heavy atom. The number of carboxylic acids is 1. The number of benzene rings is 2. The molecule has 2 aromatic heterocycles. The molecule has 0 radical (unpaired) electrons. The summed E-state index contributed by atoms with van der Waals surface area (Å²) in [5.74, 6) is -0.450. The molecule has 0 saturated heterocycles. The topological polar surface area (TPSA) is 103 Å². The molecule has 0 amide bonds. The fourth-order valence-corrected chi connectivity index (χ4v) is 3.85. The maximum Gasteiger partial charge on any atom is 0.336 e. The minimum atomic E-state index is -1.20. The zero-order valence-electron chi connectivity index (χ0n) is 17.3. The second kappa shape index (κ2) is 9.57. The summed E-state index contributed by atoms with van der Waals surface area (Å²) in [5.41, 5.74) is 2.03. The van der Waals surface area contributed by atoms with E-state index >= 15 is 0 Å². The number of fused-ring (bicyclic) bond motifs is 1. The van der Waals surface area contributed by atoms with Crippen molar-refractivity contribution in [1.29, 1.82) is 0 Å². The van der Waals surface area contributed by atoms with Gasteiger partial charge in [0.15, 0.2) is 5.78 Å². The first-order valence-electron chi connectivity index (χ1n) is 10.1. The van der Waals surface area contributed by atoms with Gasteiger partial charge in [0.05, 0.1) is 30.2 Å². The Hall–Kier alpha value is -3.78. The minimum Gasteiger partial charge on any atom is -0.494 e. The molecule has 32 heavy (non-hydrogen) atoms. The molecular formula is C24H20N2O5S. The third kappa shape index (κ3) is 4.60. The van der Waals surface area contributed by atoms with Gasteiger partial charge in [-0.15, -0.1) is 0 Å². The van der Waals surface area contributed by atoms with Crippen molar-refractivity contribution in [3.05, 3.63) is 83.3 Å². The highest BCUT2D eigenvalue weighted by molar-refractivity contribution is 7.00. The molecule has 7 nitrogen and oxygen atoms in total. The van der Waals surface area contributed by atoms with Gasteiger partial charge in [-0.05, 0) is 60.5 Å². The zero-order chi connectivity index (χ0) is 22.5. The molecule has 4 rings (SSSR count). The van der Waals surface area contributed by atoms with Gasteiger partial charge in [-0.3, -0.25) is 4.79 Å². The Labute approximate surface area is 188 Å². The standard InChI is InChI=1S/C24H20N2O5S/c1-2-11-30-17-8-5-15(6-9-17)23(27)19(14-18-4-3-12-31-18)22(24(28)29)16-7-10-20-21(13-16)26-32-25-20/h3-10,12-13H,2,11,14H2,1H3,(H,28,29). The molecule has 8 heteroatoms. The predicted molar refractivity (Wildman–Crippen MR) is 121 cm³/mol.